The van der Waals surface area contributed by atoms with E-state index in [1.165, 1.54) is 0 Å². The summed E-state index contributed by atoms with van der Waals surface area (Å²) in [6, 6.07) is 0. The Hall–Kier alpha value is -1.84. The zero-order chi connectivity index (χ0) is 21.9. The summed E-state index contributed by atoms with van der Waals surface area (Å²) >= 11 is 6.47. The van der Waals surface area contributed by atoms with Gasteiger partial charge in [0.1, 0.15) is 16.6 Å². The number of hydrogen-bond donors (Lipinski definition) is 2. The van der Waals surface area contributed by atoms with Crippen LogP contribution in [0.2, 0.25) is 5.15 Å². The van der Waals surface area contributed by atoms with Crippen LogP contribution in [0, 0.1) is 0 Å². The minimum Gasteiger partial charge on any atom is -0.444 e. The van der Waals surface area contributed by atoms with Crippen molar-refractivity contribution >= 4 is 29.5 Å². The van der Waals surface area contributed by atoms with Crippen molar-refractivity contribution in [3.63, 3.8) is 0 Å². The third-order valence-corrected chi connectivity index (χ3v) is 5.46. The molecular formula is C20H32ClN5O4. The van der Waals surface area contributed by atoms with Crippen LogP contribution in [0.4, 0.5) is 16.6 Å². The summed E-state index contributed by atoms with van der Waals surface area (Å²) in [4.78, 5) is 25.4. The van der Waals surface area contributed by atoms with Crippen molar-refractivity contribution in [2.24, 2.45) is 0 Å². The molecule has 3 rings (SSSR count). The Kier molecular flexibility index (Phi) is 6.94. The number of amides is 1. The molecule has 30 heavy (non-hydrogen) atoms. The fourth-order valence-corrected chi connectivity index (χ4v) is 3.88. The van der Waals surface area contributed by atoms with Gasteiger partial charge in [0.25, 0.3) is 0 Å². The average Bonchev–Trinajstić information content (AvgIpc) is 3.06. The van der Waals surface area contributed by atoms with Crippen molar-refractivity contribution in [3.05, 3.63) is 10.7 Å². The highest BCUT2D eigenvalue weighted by molar-refractivity contribution is 6.30. The molecule has 2 saturated heterocycles. The van der Waals surface area contributed by atoms with Gasteiger partial charge in [-0.05, 0) is 34.1 Å². The van der Waals surface area contributed by atoms with Gasteiger partial charge < -0.3 is 29.7 Å². The maximum Gasteiger partial charge on any atom is 0.410 e. The van der Waals surface area contributed by atoms with Crippen molar-refractivity contribution in [2.75, 3.05) is 56.2 Å². The fraction of sp³-hybridized carbons (Fsp3) is 0.750. The van der Waals surface area contributed by atoms with Gasteiger partial charge in [0, 0.05) is 44.8 Å². The molecule has 0 saturated carbocycles. The number of rotatable bonds is 5. The van der Waals surface area contributed by atoms with Gasteiger partial charge in [0.15, 0.2) is 0 Å². The molecule has 168 valence electrons. The van der Waals surface area contributed by atoms with E-state index in [0.29, 0.717) is 68.3 Å². The highest BCUT2D eigenvalue weighted by atomic mass is 35.5. The number of carbonyl (C=O) groups is 1. The van der Waals surface area contributed by atoms with Gasteiger partial charge in [-0.15, -0.1) is 0 Å². The predicted octanol–water partition coefficient (Wildman–Crippen LogP) is 2.31. The lowest BCUT2D eigenvalue weighted by Gasteiger charge is -2.31. The molecule has 2 aliphatic heterocycles. The first-order chi connectivity index (χ1) is 14.1. The van der Waals surface area contributed by atoms with Crippen LogP contribution in [-0.4, -0.2) is 83.2 Å². The lowest BCUT2D eigenvalue weighted by molar-refractivity contribution is 0.0287. The first kappa shape index (κ1) is 22.8. The van der Waals surface area contributed by atoms with Crippen molar-refractivity contribution in [1.82, 2.24) is 14.9 Å². The first-order valence-electron chi connectivity index (χ1n) is 10.4. The second kappa shape index (κ2) is 9.11. The molecule has 9 nitrogen and oxygen atoms in total. The molecule has 2 aliphatic rings. The monoisotopic (exact) mass is 441 g/mol. The van der Waals surface area contributed by atoms with E-state index >= 15 is 0 Å². The molecule has 2 N–H and O–H groups in total. The number of halogens is 1. The lowest BCUT2D eigenvalue weighted by atomic mass is 10.0. The number of likely N-dealkylation sites (tertiary alicyclic amines) is 1. The maximum atomic E-state index is 12.5. The molecule has 1 aromatic heterocycles. The number of anilines is 2. The minimum absolute atomic E-state index is 0.0601. The standard InChI is InChI=1S/C20H32ClN5O4/c1-19(2,3)30-18(28)26-7-6-20(4,13-26)24-16-14(5-10-27)15(21)22-17(23-16)25-8-11-29-12-9-25/h27H,5-13H2,1-4H3,(H,22,23,24). The molecule has 0 bridgehead atoms. The Bertz CT molecular complexity index is 766. The summed E-state index contributed by atoms with van der Waals surface area (Å²) in [5.74, 6) is 1.14. The Morgan fingerprint density at radius 1 is 1.30 bits per heavy atom. The second-order valence-electron chi connectivity index (χ2n) is 9.05. The Morgan fingerprint density at radius 2 is 2.00 bits per heavy atom. The molecule has 0 aliphatic carbocycles. The summed E-state index contributed by atoms with van der Waals surface area (Å²) in [7, 11) is 0. The van der Waals surface area contributed by atoms with E-state index in [4.69, 9.17) is 26.1 Å². The van der Waals surface area contributed by atoms with Crippen molar-refractivity contribution in [2.45, 2.75) is 51.7 Å². The molecule has 1 atom stereocenters. The number of carbonyl (C=O) groups excluding carboxylic acids is 1. The fourth-order valence-electron chi connectivity index (χ4n) is 3.62. The van der Waals surface area contributed by atoms with E-state index in [1.807, 2.05) is 32.6 Å². The Morgan fingerprint density at radius 3 is 2.63 bits per heavy atom. The summed E-state index contributed by atoms with van der Waals surface area (Å²) < 4.78 is 10.9. The SMILES string of the molecule is CC1(Nc2nc(N3CCOCC3)nc(Cl)c2CCO)CCN(C(=O)OC(C)(C)C)C1. The van der Waals surface area contributed by atoms with Gasteiger partial charge in [0.2, 0.25) is 5.95 Å². The van der Waals surface area contributed by atoms with Gasteiger partial charge in [-0.25, -0.2) is 9.78 Å². The topological polar surface area (TPSA) is 100 Å². The molecule has 3 heterocycles. The summed E-state index contributed by atoms with van der Waals surface area (Å²) in [5, 5.41) is 13.3. The molecule has 1 aromatic rings. The number of morpholine rings is 1. The molecule has 10 heteroatoms. The minimum atomic E-state index is -0.537. The van der Waals surface area contributed by atoms with Crippen molar-refractivity contribution in [3.8, 4) is 0 Å². The zero-order valence-corrected chi connectivity index (χ0v) is 19.0. The van der Waals surface area contributed by atoms with Gasteiger partial charge in [-0.1, -0.05) is 11.6 Å². The summed E-state index contributed by atoms with van der Waals surface area (Å²) in [5.41, 5.74) is -0.264. The number of ether oxygens (including phenoxy) is 2. The third-order valence-electron chi connectivity index (χ3n) is 5.15. The number of aliphatic hydroxyl groups is 1. The average molecular weight is 442 g/mol. The number of nitrogens with zero attached hydrogens (tertiary/aromatic N) is 4. The third kappa shape index (κ3) is 5.65. The molecule has 1 amide bonds. The van der Waals surface area contributed by atoms with Crippen LogP contribution in [-0.2, 0) is 15.9 Å². The smallest absolute Gasteiger partial charge is 0.410 e. The van der Waals surface area contributed by atoms with E-state index < -0.39 is 11.1 Å². The number of nitrogens with one attached hydrogen (secondary N) is 1. The van der Waals surface area contributed by atoms with Crippen LogP contribution in [0.15, 0.2) is 0 Å². The van der Waals surface area contributed by atoms with Crippen LogP contribution in [0.3, 0.4) is 0 Å². The highest BCUT2D eigenvalue weighted by Gasteiger charge is 2.38. The van der Waals surface area contributed by atoms with Crippen LogP contribution in [0.25, 0.3) is 0 Å². The van der Waals surface area contributed by atoms with Gasteiger partial charge >= 0.3 is 6.09 Å². The lowest BCUT2D eigenvalue weighted by Crippen LogP contribution is -2.42. The van der Waals surface area contributed by atoms with Crippen LogP contribution >= 0.6 is 11.6 Å². The van der Waals surface area contributed by atoms with E-state index in [-0.39, 0.29) is 12.7 Å². The predicted molar refractivity (Wildman–Crippen MR) is 115 cm³/mol. The normalized spacial score (nSPS) is 22.3. The van der Waals surface area contributed by atoms with Crippen LogP contribution < -0.4 is 10.2 Å². The number of aliphatic hydroxyl groups excluding tert-OH is 1. The van der Waals surface area contributed by atoms with Crippen molar-refractivity contribution < 1.29 is 19.4 Å². The van der Waals surface area contributed by atoms with Gasteiger partial charge in [0.05, 0.1) is 18.8 Å². The van der Waals surface area contributed by atoms with Gasteiger partial charge in [-0.2, -0.15) is 4.98 Å². The molecule has 1 unspecified atom stereocenters. The molecule has 0 aromatic carbocycles. The highest BCUT2D eigenvalue weighted by Crippen LogP contribution is 2.31. The quantitative estimate of drug-likeness (QED) is 0.671. The first-order valence-corrected chi connectivity index (χ1v) is 10.7. The Labute approximate surface area is 182 Å². The van der Waals surface area contributed by atoms with E-state index in [2.05, 4.69) is 10.3 Å². The summed E-state index contributed by atoms with van der Waals surface area (Å²) in [6.45, 7) is 11.2. The molecule has 0 radical (unpaired) electrons. The maximum absolute atomic E-state index is 12.5. The molecular weight excluding hydrogens is 410 g/mol. The molecule has 0 spiro atoms. The largest absolute Gasteiger partial charge is 0.444 e. The second-order valence-corrected chi connectivity index (χ2v) is 9.41. The summed E-state index contributed by atoms with van der Waals surface area (Å²) in [6.07, 6.45) is 0.758. The number of hydrogen-bond acceptors (Lipinski definition) is 8. The van der Waals surface area contributed by atoms with E-state index in [0.717, 1.165) is 6.42 Å². The van der Waals surface area contributed by atoms with Crippen LogP contribution in [0.5, 0.6) is 0 Å². The zero-order valence-electron chi connectivity index (χ0n) is 18.2. The van der Waals surface area contributed by atoms with Gasteiger partial charge in [-0.3, -0.25) is 0 Å². The van der Waals surface area contributed by atoms with E-state index in [9.17, 15) is 9.90 Å². The Balaban J connectivity index is 1.80. The molecule has 2 fully saturated rings. The van der Waals surface area contributed by atoms with Crippen LogP contribution in [0.1, 0.15) is 39.7 Å². The van der Waals surface area contributed by atoms with Crippen molar-refractivity contribution in [1.29, 1.82) is 0 Å². The number of aromatic nitrogens is 2. The van der Waals surface area contributed by atoms with E-state index in [1.54, 1.807) is 4.90 Å².